The molecule has 2 saturated carbocycles. The molecule has 3 aliphatic carbocycles. The summed E-state index contributed by atoms with van der Waals surface area (Å²) in [5.41, 5.74) is 4.81. The number of benzene rings is 2. The van der Waals surface area contributed by atoms with Gasteiger partial charge in [-0.15, -0.1) is 0 Å². The van der Waals surface area contributed by atoms with Gasteiger partial charge in [-0.3, -0.25) is 0 Å². The van der Waals surface area contributed by atoms with Gasteiger partial charge in [0.05, 0.1) is 7.11 Å². The highest BCUT2D eigenvalue weighted by Gasteiger charge is 2.52. The fourth-order valence-electron chi connectivity index (χ4n) is 7.01. The monoisotopic (exact) mass is 390 g/mol. The minimum atomic E-state index is 0.584. The Morgan fingerprint density at radius 3 is 2.69 bits per heavy atom. The van der Waals surface area contributed by atoms with Gasteiger partial charge in [-0.1, -0.05) is 44.2 Å². The van der Waals surface area contributed by atoms with Crippen LogP contribution in [-0.2, 0) is 13.0 Å². The van der Waals surface area contributed by atoms with E-state index in [2.05, 4.69) is 50.2 Å². The third-order valence-electron chi connectivity index (χ3n) is 8.24. The Bertz CT molecular complexity index is 874. The average molecular weight is 391 g/mol. The van der Waals surface area contributed by atoms with Gasteiger partial charge in [-0.05, 0) is 96.4 Å². The summed E-state index contributed by atoms with van der Waals surface area (Å²) in [6.45, 7) is 5.63. The van der Waals surface area contributed by atoms with Gasteiger partial charge in [-0.2, -0.15) is 0 Å². The van der Waals surface area contributed by atoms with Crippen LogP contribution in [0.4, 0.5) is 0 Å². The van der Waals surface area contributed by atoms with Crippen LogP contribution in [0.1, 0.15) is 68.6 Å². The largest absolute Gasteiger partial charge is 0.493 e. The van der Waals surface area contributed by atoms with Crippen molar-refractivity contribution in [3.8, 4) is 11.5 Å². The van der Waals surface area contributed by atoms with E-state index < -0.39 is 0 Å². The van der Waals surface area contributed by atoms with E-state index in [4.69, 9.17) is 9.47 Å². The number of ether oxygens (including phenoxy) is 2. The summed E-state index contributed by atoms with van der Waals surface area (Å²) in [6, 6.07) is 15.0. The van der Waals surface area contributed by atoms with Crippen molar-refractivity contribution in [1.29, 1.82) is 0 Å². The Labute approximate surface area is 175 Å². The molecule has 0 amide bonds. The maximum Gasteiger partial charge on any atom is 0.161 e. The number of methoxy groups -OCH3 is 1. The second-order valence-corrected chi connectivity index (χ2v) is 10.1. The summed E-state index contributed by atoms with van der Waals surface area (Å²) in [4.78, 5) is 0. The molecular weight excluding hydrogens is 356 g/mol. The normalized spacial score (nSPS) is 32.8. The standard InChI is InChI=1S/C27H34O2/c1-18-13-24-22-10-9-20-14-26(29-17-19-7-5-4-6-8-19)25(28-3)15-23(20)21(22)11-12-27(24,2)16-18/h4-8,14-15,18,21-22,24H,9-13,16-17H2,1-3H3. The van der Waals surface area contributed by atoms with Crippen molar-refractivity contribution in [2.75, 3.05) is 7.11 Å². The molecular formula is C27H34O2. The minimum Gasteiger partial charge on any atom is -0.493 e. The molecule has 2 aromatic rings. The Morgan fingerprint density at radius 2 is 1.90 bits per heavy atom. The molecule has 0 heterocycles. The first-order valence-corrected chi connectivity index (χ1v) is 11.4. The van der Waals surface area contributed by atoms with Gasteiger partial charge in [0.1, 0.15) is 6.61 Å². The summed E-state index contributed by atoms with van der Waals surface area (Å²) in [7, 11) is 1.77. The summed E-state index contributed by atoms with van der Waals surface area (Å²) < 4.78 is 12.0. The molecule has 0 spiro atoms. The Morgan fingerprint density at radius 1 is 1.07 bits per heavy atom. The molecule has 2 nitrogen and oxygen atoms in total. The van der Waals surface area contributed by atoms with Gasteiger partial charge in [0, 0.05) is 0 Å². The second-order valence-electron chi connectivity index (χ2n) is 10.1. The lowest BCUT2D eigenvalue weighted by Crippen LogP contribution is -2.39. The van der Waals surface area contributed by atoms with Gasteiger partial charge in [0.2, 0.25) is 0 Å². The minimum absolute atomic E-state index is 0.584. The van der Waals surface area contributed by atoms with Crippen molar-refractivity contribution < 1.29 is 9.47 Å². The summed E-state index contributed by atoms with van der Waals surface area (Å²) in [6.07, 6.45) is 8.12. The van der Waals surface area contributed by atoms with Crippen LogP contribution in [-0.4, -0.2) is 7.11 Å². The number of hydrogen-bond acceptors (Lipinski definition) is 2. The summed E-state index contributed by atoms with van der Waals surface area (Å²) in [5.74, 6) is 5.15. The van der Waals surface area contributed by atoms with E-state index in [0.29, 0.717) is 17.9 Å². The molecule has 3 aliphatic rings. The number of fused-ring (bicyclic) bond motifs is 5. The lowest BCUT2D eigenvalue weighted by molar-refractivity contribution is 0.0596. The first kappa shape index (κ1) is 19.0. The predicted molar refractivity (Wildman–Crippen MR) is 118 cm³/mol. The molecule has 5 unspecified atom stereocenters. The van der Waals surface area contributed by atoms with Crippen molar-refractivity contribution >= 4 is 0 Å². The lowest BCUT2D eigenvalue weighted by atomic mass is 9.56. The van der Waals surface area contributed by atoms with Crippen LogP contribution >= 0.6 is 0 Å². The topological polar surface area (TPSA) is 18.5 Å². The number of rotatable bonds is 4. The van der Waals surface area contributed by atoms with Crippen LogP contribution in [0.15, 0.2) is 42.5 Å². The highest BCUT2D eigenvalue weighted by Crippen LogP contribution is 2.62. The van der Waals surface area contributed by atoms with E-state index >= 15 is 0 Å². The summed E-state index contributed by atoms with van der Waals surface area (Å²) >= 11 is 0. The van der Waals surface area contributed by atoms with E-state index in [-0.39, 0.29) is 0 Å². The predicted octanol–water partition coefficient (Wildman–Crippen LogP) is 6.77. The van der Waals surface area contributed by atoms with Gasteiger partial charge in [-0.25, -0.2) is 0 Å². The van der Waals surface area contributed by atoms with Gasteiger partial charge < -0.3 is 9.47 Å². The van der Waals surface area contributed by atoms with Crippen LogP contribution in [0.5, 0.6) is 11.5 Å². The zero-order valence-electron chi connectivity index (χ0n) is 18.1. The molecule has 2 aromatic carbocycles. The maximum absolute atomic E-state index is 6.19. The SMILES string of the molecule is COc1cc2c(cc1OCc1ccccc1)CCC1C2CCC2(C)CC(C)CC12. The van der Waals surface area contributed by atoms with Crippen LogP contribution in [0.3, 0.4) is 0 Å². The fraction of sp³-hybridized carbons (Fsp3) is 0.556. The highest BCUT2D eigenvalue weighted by molar-refractivity contribution is 5.50. The fourth-order valence-corrected chi connectivity index (χ4v) is 7.01. The van der Waals surface area contributed by atoms with Crippen molar-refractivity contribution in [2.45, 2.75) is 64.9 Å². The number of hydrogen-bond donors (Lipinski definition) is 0. The zero-order valence-corrected chi connectivity index (χ0v) is 18.1. The molecule has 0 saturated heterocycles. The smallest absolute Gasteiger partial charge is 0.161 e. The molecule has 5 atom stereocenters. The van der Waals surface area contributed by atoms with E-state index in [1.165, 1.54) is 49.7 Å². The van der Waals surface area contributed by atoms with E-state index in [1.54, 1.807) is 12.7 Å². The van der Waals surface area contributed by atoms with Crippen molar-refractivity contribution in [3.05, 3.63) is 59.2 Å². The van der Waals surface area contributed by atoms with Gasteiger partial charge in [0.25, 0.3) is 0 Å². The van der Waals surface area contributed by atoms with E-state index in [0.717, 1.165) is 29.3 Å². The molecule has 0 aliphatic heterocycles. The lowest BCUT2D eigenvalue weighted by Gasteiger charge is -2.49. The molecule has 2 heteroatoms. The highest BCUT2D eigenvalue weighted by atomic mass is 16.5. The first-order chi connectivity index (χ1) is 14.1. The third kappa shape index (κ3) is 3.35. The van der Waals surface area contributed by atoms with Crippen LogP contribution in [0.25, 0.3) is 0 Å². The third-order valence-corrected chi connectivity index (χ3v) is 8.24. The molecule has 0 N–H and O–H groups in total. The van der Waals surface area contributed by atoms with Crippen molar-refractivity contribution in [1.82, 2.24) is 0 Å². The first-order valence-electron chi connectivity index (χ1n) is 11.4. The molecule has 29 heavy (non-hydrogen) atoms. The Hall–Kier alpha value is -1.96. The zero-order chi connectivity index (χ0) is 20.0. The molecule has 5 rings (SSSR count). The average Bonchev–Trinajstić information content (AvgIpc) is 3.06. The summed E-state index contributed by atoms with van der Waals surface area (Å²) in [5, 5.41) is 0. The van der Waals surface area contributed by atoms with E-state index in [1.807, 2.05) is 6.07 Å². The molecule has 154 valence electrons. The van der Waals surface area contributed by atoms with Crippen LogP contribution < -0.4 is 9.47 Å². The Balaban J connectivity index is 1.41. The molecule has 2 fully saturated rings. The molecule has 0 radical (unpaired) electrons. The van der Waals surface area contributed by atoms with Gasteiger partial charge in [0.15, 0.2) is 11.5 Å². The van der Waals surface area contributed by atoms with Crippen LogP contribution in [0, 0.1) is 23.2 Å². The Kier molecular flexibility index (Phi) is 4.84. The molecule has 0 bridgehead atoms. The second kappa shape index (κ2) is 7.38. The van der Waals surface area contributed by atoms with Crippen molar-refractivity contribution in [2.24, 2.45) is 23.2 Å². The number of aryl methyl sites for hydroxylation is 1. The van der Waals surface area contributed by atoms with Crippen LogP contribution in [0.2, 0.25) is 0 Å². The van der Waals surface area contributed by atoms with Crippen molar-refractivity contribution in [3.63, 3.8) is 0 Å². The van der Waals surface area contributed by atoms with Gasteiger partial charge >= 0.3 is 0 Å². The quantitative estimate of drug-likeness (QED) is 0.574. The molecule has 0 aromatic heterocycles. The van der Waals surface area contributed by atoms with E-state index in [9.17, 15) is 0 Å². The maximum atomic E-state index is 6.19.